The molecule has 0 aromatic heterocycles. The molecule has 1 unspecified atom stereocenters. The van der Waals surface area contributed by atoms with E-state index in [1.165, 1.54) is 18.2 Å². The summed E-state index contributed by atoms with van der Waals surface area (Å²) in [6.45, 7) is 6.20. The topological polar surface area (TPSA) is 73.9 Å². The zero-order chi connectivity index (χ0) is 18.7. The van der Waals surface area contributed by atoms with Gasteiger partial charge in [-0.15, -0.1) is 0 Å². The van der Waals surface area contributed by atoms with Crippen molar-refractivity contribution < 1.29 is 28.2 Å². The fraction of sp³-hybridized carbons (Fsp3) is 0.556. The van der Waals surface area contributed by atoms with Crippen molar-refractivity contribution in [3.8, 4) is 5.75 Å². The van der Waals surface area contributed by atoms with Crippen molar-refractivity contribution in [2.45, 2.75) is 33.3 Å². The summed E-state index contributed by atoms with van der Waals surface area (Å²) in [5, 5.41) is 2.54. The molecule has 0 heterocycles. The first-order valence-electron chi connectivity index (χ1n) is 8.31. The number of hydrogen-bond acceptors (Lipinski definition) is 5. The Hall–Kier alpha value is -2.15. The molecule has 1 rings (SSSR count). The third kappa shape index (κ3) is 9.66. The highest BCUT2D eigenvalue weighted by Gasteiger charge is 2.16. The lowest BCUT2D eigenvalue weighted by Gasteiger charge is -2.13. The van der Waals surface area contributed by atoms with Gasteiger partial charge in [0.2, 0.25) is 0 Å². The number of amides is 1. The molecule has 0 aliphatic carbocycles. The van der Waals surface area contributed by atoms with Gasteiger partial charge >= 0.3 is 5.97 Å². The summed E-state index contributed by atoms with van der Waals surface area (Å²) in [5.74, 6) is -0.532. The van der Waals surface area contributed by atoms with Gasteiger partial charge in [0, 0.05) is 12.7 Å². The zero-order valence-electron chi connectivity index (χ0n) is 14.9. The van der Waals surface area contributed by atoms with Gasteiger partial charge in [0.25, 0.3) is 5.91 Å². The van der Waals surface area contributed by atoms with Gasteiger partial charge in [-0.2, -0.15) is 0 Å². The van der Waals surface area contributed by atoms with E-state index in [0.29, 0.717) is 18.3 Å². The monoisotopic (exact) mass is 355 g/mol. The van der Waals surface area contributed by atoms with E-state index in [1.807, 2.05) is 0 Å². The summed E-state index contributed by atoms with van der Waals surface area (Å²) in [4.78, 5) is 23.3. The SMILES string of the molecule is CC(C)CCOC(C)C(=O)OCC(=O)NCCOc1cccc(F)c1. The van der Waals surface area contributed by atoms with Crippen LogP contribution in [0.15, 0.2) is 24.3 Å². The number of benzene rings is 1. The van der Waals surface area contributed by atoms with Crippen molar-refractivity contribution in [1.29, 1.82) is 0 Å². The Morgan fingerprint density at radius 2 is 1.96 bits per heavy atom. The molecule has 1 N–H and O–H groups in total. The van der Waals surface area contributed by atoms with E-state index in [1.54, 1.807) is 13.0 Å². The van der Waals surface area contributed by atoms with Gasteiger partial charge in [-0.1, -0.05) is 19.9 Å². The number of carbonyl (C=O) groups is 2. The number of hydrogen-bond donors (Lipinski definition) is 1. The normalized spacial score (nSPS) is 11.9. The maximum absolute atomic E-state index is 13.0. The maximum atomic E-state index is 13.0. The smallest absolute Gasteiger partial charge is 0.335 e. The van der Waals surface area contributed by atoms with Crippen LogP contribution in [0.1, 0.15) is 27.2 Å². The van der Waals surface area contributed by atoms with Crippen molar-refractivity contribution in [2.75, 3.05) is 26.4 Å². The second-order valence-electron chi connectivity index (χ2n) is 5.96. The first-order chi connectivity index (χ1) is 11.9. The van der Waals surface area contributed by atoms with E-state index >= 15 is 0 Å². The average molecular weight is 355 g/mol. The fourth-order valence-corrected chi connectivity index (χ4v) is 1.77. The van der Waals surface area contributed by atoms with E-state index < -0.39 is 23.8 Å². The number of halogens is 1. The number of ether oxygens (including phenoxy) is 3. The van der Waals surface area contributed by atoms with Crippen LogP contribution in [-0.4, -0.2) is 44.3 Å². The quantitative estimate of drug-likeness (QED) is 0.487. The summed E-state index contributed by atoms with van der Waals surface area (Å²) in [5.41, 5.74) is 0. The van der Waals surface area contributed by atoms with Crippen LogP contribution >= 0.6 is 0 Å². The van der Waals surface area contributed by atoms with Crippen LogP contribution in [-0.2, 0) is 19.1 Å². The summed E-state index contributed by atoms with van der Waals surface area (Å²) >= 11 is 0. The van der Waals surface area contributed by atoms with Gasteiger partial charge in [0.15, 0.2) is 12.7 Å². The first kappa shape index (κ1) is 20.9. The fourth-order valence-electron chi connectivity index (χ4n) is 1.77. The van der Waals surface area contributed by atoms with Crippen LogP contribution in [0.3, 0.4) is 0 Å². The van der Waals surface area contributed by atoms with E-state index in [-0.39, 0.29) is 19.8 Å². The zero-order valence-corrected chi connectivity index (χ0v) is 14.9. The lowest BCUT2D eigenvalue weighted by atomic mass is 10.1. The Morgan fingerprint density at radius 3 is 2.64 bits per heavy atom. The predicted molar refractivity (Wildman–Crippen MR) is 90.7 cm³/mol. The summed E-state index contributed by atoms with van der Waals surface area (Å²) < 4.78 is 28.5. The van der Waals surface area contributed by atoms with Crippen molar-refractivity contribution in [2.24, 2.45) is 5.92 Å². The molecule has 1 amide bonds. The molecule has 0 saturated carbocycles. The predicted octanol–water partition coefficient (Wildman–Crippen LogP) is 2.32. The molecule has 0 radical (unpaired) electrons. The molecule has 0 bridgehead atoms. The molecular weight excluding hydrogens is 329 g/mol. The lowest BCUT2D eigenvalue weighted by molar-refractivity contribution is -0.159. The highest BCUT2D eigenvalue weighted by atomic mass is 19.1. The highest BCUT2D eigenvalue weighted by molar-refractivity contribution is 5.81. The van der Waals surface area contributed by atoms with E-state index in [4.69, 9.17) is 14.2 Å². The third-order valence-corrected chi connectivity index (χ3v) is 3.23. The largest absolute Gasteiger partial charge is 0.492 e. The molecule has 6 nitrogen and oxygen atoms in total. The van der Waals surface area contributed by atoms with Crippen molar-refractivity contribution in [1.82, 2.24) is 5.32 Å². The molecule has 140 valence electrons. The minimum absolute atomic E-state index is 0.178. The van der Waals surface area contributed by atoms with E-state index in [2.05, 4.69) is 19.2 Å². The van der Waals surface area contributed by atoms with Crippen LogP contribution in [0.4, 0.5) is 4.39 Å². The molecule has 1 aromatic carbocycles. The minimum atomic E-state index is -0.706. The average Bonchev–Trinajstić information content (AvgIpc) is 2.56. The molecule has 1 atom stereocenters. The molecule has 0 fully saturated rings. The first-order valence-corrected chi connectivity index (χ1v) is 8.31. The van der Waals surface area contributed by atoms with Gasteiger partial charge in [0.05, 0.1) is 6.54 Å². The van der Waals surface area contributed by atoms with E-state index in [0.717, 1.165) is 6.42 Å². The molecule has 7 heteroatoms. The van der Waals surface area contributed by atoms with Gasteiger partial charge in [-0.25, -0.2) is 9.18 Å². The van der Waals surface area contributed by atoms with Crippen LogP contribution in [0.5, 0.6) is 5.75 Å². The third-order valence-electron chi connectivity index (χ3n) is 3.23. The summed E-state index contributed by atoms with van der Waals surface area (Å²) in [6.07, 6.45) is 0.145. The Labute approximate surface area is 147 Å². The molecule has 1 aromatic rings. The van der Waals surface area contributed by atoms with Gasteiger partial charge < -0.3 is 19.5 Å². The Bertz CT molecular complexity index is 550. The van der Waals surface area contributed by atoms with Crippen molar-refractivity contribution >= 4 is 11.9 Å². The van der Waals surface area contributed by atoms with Gasteiger partial charge in [0.1, 0.15) is 18.2 Å². The van der Waals surface area contributed by atoms with Crippen molar-refractivity contribution in [3.63, 3.8) is 0 Å². The van der Waals surface area contributed by atoms with E-state index in [9.17, 15) is 14.0 Å². The van der Waals surface area contributed by atoms with Crippen LogP contribution < -0.4 is 10.1 Å². The van der Waals surface area contributed by atoms with Gasteiger partial charge in [-0.3, -0.25) is 4.79 Å². The number of rotatable bonds is 11. The highest BCUT2D eigenvalue weighted by Crippen LogP contribution is 2.11. The van der Waals surface area contributed by atoms with Crippen LogP contribution in [0, 0.1) is 11.7 Å². The molecule has 0 aliphatic rings. The lowest BCUT2D eigenvalue weighted by Crippen LogP contribution is -2.34. The Morgan fingerprint density at radius 1 is 1.20 bits per heavy atom. The van der Waals surface area contributed by atoms with Crippen molar-refractivity contribution in [3.05, 3.63) is 30.1 Å². The number of carbonyl (C=O) groups excluding carboxylic acids is 2. The summed E-state index contributed by atoms with van der Waals surface area (Å²) in [7, 11) is 0. The number of nitrogens with one attached hydrogen (secondary N) is 1. The number of esters is 1. The second kappa shape index (κ2) is 11.4. The molecule has 0 saturated heterocycles. The molecule has 0 aliphatic heterocycles. The maximum Gasteiger partial charge on any atom is 0.335 e. The van der Waals surface area contributed by atoms with Crippen LogP contribution in [0.2, 0.25) is 0 Å². The molecule has 0 spiro atoms. The standard InChI is InChI=1S/C18H26FNO5/c1-13(2)7-9-23-14(3)18(22)25-12-17(21)20-8-10-24-16-6-4-5-15(19)11-16/h4-6,11,13-14H,7-10,12H2,1-3H3,(H,20,21). The van der Waals surface area contributed by atoms with Gasteiger partial charge in [-0.05, 0) is 31.4 Å². The second-order valence-corrected chi connectivity index (χ2v) is 5.96. The Kier molecular flexibility index (Phi) is 9.54. The molecule has 25 heavy (non-hydrogen) atoms. The Balaban J connectivity index is 2.12. The minimum Gasteiger partial charge on any atom is -0.492 e. The summed E-state index contributed by atoms with van der Waals surface area (Å²) in [6, 6.07) is 5.72. The molecular formula is C18H26FNO5. The van der Waals surface area contributed by atoms with Crippen LogP contribution in [0.25, 0.3) is 0 Å².